The lowest BCUT2D eigenvalue weighted by Gasteiger charge is -2.08. The van der Waals surface area contributed by atoms with Crippen LogP contribution in [0.1, 0.15) is 70.8 Å². The monoisotopic (exact) mass is 432 g/mol. The van der Waals surface area contributed by atoms with Gasteiger partial charge in [0.05, 0.1) is 11.1 Å². The minimum absolute atomic E-state index is 0.0151. The van der Waals surface area contributed by atoms with E-state index in [9.17, 15) is 32.3 Å². The fraction of sp³-hybridized carbons (Fsp3) is 0.421. The molecule has 1 aromatic carbocycles. The number of thiazole rings is 1. The maximum Gasteiger partial charge on any atom is 0.416 e. The van der Waals surface area contributed by atoms with Gasteiger partial charge in [-0.3, -0.25) is 4.79 Å². The van der Waals surface area contributed by atoms with Crippen molar-refractivity contribution in [1.29, 1.82) is 0 Å². The zero-order valence-corrected chi connectivity index (χ0v) is 16.8. The van der Waals surface area contributed by atoms with E-state index in [4.69, 9.17) is 0 Å². The molecule has 0 bridgehead atoms. The van der Waals surface area contributed by atoms with Crippen LogP contribution in [0.2, 0.25) is 0 Å². The Labute approximate surface area is 168 Å². The summed E-state index contributed by atoms with van der Waals surface area (Å²) >= 11 is 0.962. The van der Waals surface area contributed by atoms with E-state index in [1.54, 1.807) is 13.8 Å². The lowest BCUT2D eigenvalue weighted by molar-refractivity contribution is -0.137. The van der Waals surface area contributed by atoms with Crippen molar-refractivity contribution in [2.75, 3.05) is 0 Å². The Morgan fingerprint density at radius 2 is 1.93 bits per heavy atom. The summed E-state index contributed by atoms with van der Waals surface area (Å²) in [6, 6.07) is 1.51. The number of rotatable bonds is 6. The number of aromatic nitrogens is 1. The third-order valence-corrected chi connectivity index (χ3v) is 5.50. The fourth-order valence-corrected chi connectivity index (χ4v) is 3.81. The van der Waals surface area contributed by atoms with E-state index in [0.29, 0.717) is 29.5 Å². The summed E-state index contributed by atoms with van der Waals surface area (Å²) in [5.41, 5.74) is -2.01. The number of carbonyl (C=O) groups excluding carboxylic acids is 1. The second-order valence-corrected chi connectivity index (χ2v) is 7.68. The normalized spacial score (nSPS) is 12.6. The summed E-state index contributed by atoms with van der Waals surface area (Å²) in [6.07, 6.45) is -3.39. The zero-order chi connectivity index (χ0) is 21.9. The molecule has 2 aromatic rings. The molecular weight excluding hydrogens is 412 g/mol. The maximum absolute atomic E-state index is 14.0. The molecular formula is C19H20F4N2O3S. The number of nitrogens with zero attached hydrogens (tertiary/aromatic N) is 2. The molecule has 5 nitrogen and oxygen atoms in total. The van der Waals surface area contributed by atoms with Gasteiger partial charge in [-0.2, -0.15) is 18.2 Å². The van der Waals surface area contributed by atoms with Crippen LogP contribution in [0.15, 0.2) is 23.2 Å². The van der Waals surface area contributed by atoms with E-state index in [0.717, 1.165) is 17.8 Å². The summed E-state index contributed by atoms with van der Waals surface area (Å²) in [5, 5.41) is 9.60. The first-order valence-electron chi connectivity index (χ1n) is 8.90. The fourth-order valence-electron chi connectivity index (χ4n) is 2.66. The topological polar surface area (TPSA) is 71.7 Å². The van der Waals surface area contributed by atoms with E-state index in [-0.39, 0.29) is 23.0 Å². The first-order chi connectivity index (χ1) is 13.5. The smallest absolute Gasteiger partial charge is 0.416 e. The number of hydrogen-bond acceptors (Lipinski definition) is 3. The van der Waals surface area contributed by atoms with E-state index in [1.165, 1.54) is 4.57 Å². The van der Waals surface area contributed by atoms with Crippen molar-refractivity contribution in [2.24, 2.45) is 4.99 Å². The summed E-state index contributed by atoms with van der Waals surface area (Å²) < 4.78 is 54.1. The Bertz CT molecular complexity index is 990. The largest absolute Gasteiger partial charge is 0.477 e. The molecule has 0 saturated carbocycles. The Morgan fingerprint density at radius 1 is 1.28 bits per heavy atom. The molecule has 0 spiro atoms. The number of halogens is 4. The molecule has 1 aromatic heterocycles. The molecule has 1 N–H and O–H groups in total. The average molecular weight is 432 g/mol. The van der Waals surface area contributed by atoms with Crippen molar-refractivity contribution in [3.05, 3.63) is 50.5 Å². The molecule has 0 aliphatic carbocycles. The Balaban J connectivity index is 2.66. The zero-order valence-electron chi connectivity index (χ0n) is 16.0. The van der Waals surface area contributed by atoms with Gasteiger partial charge in [-0.1, -0.05) is 27.2 Å². The number of benzene rings is 1. The van der Waals surface area contributed by atoms with E-state index in [2.05, 4.69) is 4.99 Å². The minimum Gasteiger partial charge on any atom is -0.477 e. The van der Waals surface area contributed by atoms with Crippen LogP contribution in [0, 0.1) is 5.82 Å². The number of alkyl halides is 3. The SMILES string of the molecule is CCCCn1c(C(=O)O)c(C(C)C)s/c1=N\C(=O)c1cc(C(F)(F)F)ccc1F. The van der Waals surface area contributed by atoms with Crippen LogP contribution in [-0.4, -0.2) is 21.6 Å². The van der Waals surface area contributed by atoms with Crippen LogP contribution in [0.3, 0.4) is 0 Å². The van der Waals surface area contributed by atoms with Gasteiger partial charge >= 0.3 is 12.1 Å². The molecule has 10 heteroatoms. The highest BCUT2D eigenvalue weighted by Gasteiger charge is 2.32. The van der Waals surface area contributed by atoms with Gasteiger partial charge in [0.25, 0.3) is 5.91 Å². The van der Waals surface area contributed by atoms with Crippen molar-refractivity contribution in [1.82, 2.24) is 4.57 Å². The lowest BCUT2D eigenvalue weighted by Crippen LogP contribution is -2.22. The van der Waals surface area contributed by atoms with Gasteiger partial charge < -0.3 is 9.67 Å². The molecule has 0 aliphatic heterocycles. The highest BCUT2D eigenvalue weighted by Crippen LogP contribution is 2.30. The van der Waals surface area contributed by atoms with Gasteiger partial charge in [-0.25, -0.2) is 9.18 Å². The van der Waals surface area contributed by atoms with Gasteiger partial charge in [-0.15, -0.1) is 11.3 Å². The van der Waals surface area contributed by atoms with E-state index >= 15 is 0 Å². The second-order valence-electron chi connectivity index (χ2n) is 6.67. The average Bonchev–Trinajstić information content (AvgIpc) is 2.97. The number of hydrogen-bond donors (Lipinski definition) is 1. The van der Waals surface area contributed by atoms with E-state index in [1.807, 2.05) is 6.92 Å². The summed E-state index contributed by atoms with van der Waals surface area (Å²) in [5.74, 6) is -3.71. The van der Waals surface area contributed by atoms with Crippen molar-refractivity contribution in [3.8, 4) is 0 Å². The summed E-state index contributed by atoms with van der Waals surface area (Å²) in [4.78, 5) is 28.5. The molecule has 1 amide bonds. The van der Waals surface area contributed by atoms with Crippen molar-refractivity contribution in [3.63, 3.8) is 0 Å². The van der Waals surface area contributed by atoms with Gasteiger partial charge in [0, 0.05) is 11.4 Å². The van der Waals surface area contributed by atoms with Gasteiger partial charge in [0.2, 0.25) is 0 Å². The van der Waals surface area contributed by atoms with Gasteiger partial charge in [0.1, 0.15) is 11.5 Å². The molecule has 0 aliphatic rings. The van der Waals surface area contributed by atoms with Crippen LogP contribution in [-0.2, 0) is 12.7 Å². The third kappa shape index (κ3) is 5.11. The van der Waals surface area contributed by atoms with Gasteiger partial charge in [-0.05, 0) is 30.5 Å². The quantitative estimate of drug-likeness (QED) is 0.648. The van der Waals surface area contributed by atoms with Crippen LogP contribution < -0.4 is 4.80 Å². The van der Waals surface area contributed by atoms with Crippen molar-refractivity contribution in [2.45, 2.75) is 52.3 Å². The standard InChI is InChI=1S/C19H20F4N2O3S/c1-4-5-8-25-14(17(27)28)15(10(2)3)29-18(25)24-16(26)12-9-11(19(21,22)23)6-7-13(12)20/h6-7,9-10H,4-5,8H2,1-3H3,(H,27,28)/b24-18-. The number of carboxylic acid groups (broad SMARTS) is 1. The van der Waals surface area contributed by atoms with Crippen LogP contribution in [0.25, 0.3) is 0 Å². The maximum atomic E-state index is 14.0. The lowest BCUT2D eigenvalue weighted by atomic mass is 10.1. The Hall–Kier alpha value is -2.49. The molecule has 0 fully saturated rings. The molecule has 0 atom stereocenters. The Kier molecular flexibility index (Phi) is 6.99. The van der Waals surface area contributed by atoms with E-state index < -0.39 is 35.0 Å². The van der Waals surface area contributed by atoms with Crippen molar-refractivity contribution < 1.29 is 32.3 Å². The second kappa shape index (κ2) is 8.89. The van der Waals surface area contributed by atoms with Crippen LogP contribution in [0.4, 0.5) is 17.6 Å². The van der Waals surface area contributed by atoms with Gasteiger partial charge in [0.15, 0.2) is 4.80 Å². The number of unbranched alkanes of at least 4 members (excludes halogenated alkanes) is 1. The molecule has 158 valence electrons. The number of carboxylic acids is 1. The highest BCUT2D eigenvalue weighted by molar-refractivity contribution is 7.09. The Morgan fingerprint density at radius 3 is 2.45 bits per heavy atom. The molecule has 2 rings (SSSR count). The number of amides is 1. The molecule has 0 unspecified atom stereocenters. The molecule has 0 radical (unpaired) electrons. The molecule has 1 heterocycles. The first-order valence-corrected chi connectivity index (χ1v) is 9.71. The third-order valence-electron chi connectivity index (χ3n) is 4.12. The van der Waals surface area contributed by atoms with Crippen LogP contribution in [0.5, 0.6) is 0 Å². The first kappa shape index (κ1) is 22.8. The van der Waals surface area contributed by atoms with Crippen molar-refractivity contribution >= 4 is 23.2 Å². The predicted molar refractivity (Wildman–Crippen MR) is 99.6 cm³/mol. The highest BCUT2D eigenvalue weighted by atomic mass is 32.1. The number of aromatic carboxylic acids is 1. The molecule has 0 saturated heterocycles. The molecule has 29 heavy (non-hydrogen) atoms. The summed E-state index contributed by atoms with van der Waals surface area (Å²) in [7, 11) is 0. The minimum atomic E-state index is -4.74. The predicted octanol–water partition coefficient (Wildman–Crippen LogP) is 5.07. The summed E-state index contributed by atoms with van der Waals surface area (Å²) in [6.45, 7) is 5.72. The number of carbonyl (C=O) groups is 2. The van der Waals surface area contributed by atoms with Crippen LogP contribution >= 0.6 is 11.3 Å².